The molecule has 3 aliphatic rings. The second-order valence-electron chi connectivity index (χ2n) is 7.64. The molecule has 3 aliphatic carbocycles. The van der Waals surface area contributed by atoms with Gasteiger partial charge in [0.2, 0.25) is 0 Å². The molecule has 0 heterocycles. The minimum Gasteiger partial charge on any atom is -0.0988 e. The fourth-order valence-corrected chi connectivity index (χ4v) is 5.39. The van der Waals surface area contributed by atoms with Gasteiger partial charge >= 0.3 is 0 Å². The molecule has 0 radical (unpaired) electrons. The average molecular weight is 270 g/mol. The molecule has 4 unspecified atom stereocenters. The Balaban J connectivity index is 2.00. The van der Waals surface area contributed by atoms with Gasteiger partial charge in [0.05, 0.1) is 0 Å². The Labute approximate surface area is 125 Å². The van der Waals surface area contributed by atoms with E-state index >= 15 is 0 Å². The van der Waals surface area contributed by atoms with Crippen LogP contribution in [-0.4, -0.2) is 0 Å². The van der Waals surface area contributed by atoms with Crippen molar-refractivity contribution in [2.75, 3.05) is 0 Å². The van der Waals surface area contributed by atoms with Crippen LogP contribution in [0.15, 0.2) is 35.5 Å². The lowest BCUT2D eigenvalue weighted by atomic mass is 9.60. The van der Waals surface area contributed by atoms with Crippen LogP contribution in [0.1, 0.15) is 65.7 Å². The zero-order chi connectivity index (χ0) is 14.3. The second kappa shape index (κ2) is 5.20. The molecular formula is C20H30. The summed E-state index contributed by atoms with van der Waals surface area (Å²) in [5.41, 5.74) is 5.73. The van der Waals surface area contributed by atoms with Crippen LogP contribution in [0.4, 0.5) is 0 Å². The van der Waals surface area contributed by atoms with Gasteiger partial charge in [0.1, 0.15) is 0 Å². The van der Waals surface area contributed by atoms with E-state index in [4.69, 9.17) is 0 Å². The Kier molecular flexibility index (Phi) is 3.69. The Morgan fingerprint density at radius 1 is 1.40 bits per heavy atom. The van der Waals surface area contributed by atoms with Gasteiger partial charge in [-0.15, -0.1) is 0 Å². The third kappa shape index (κ3) is 2.12. The van der Waals surface area contributed by atoms with E-state index in [1.54, 1.807) is 0 Å². The largest absolute Gasteiger partial charge is 0.0988 e. The van der Waals surface area contributed by atoms with Gasteiger partial charge in [-0.1, -0.05) is 56.2 Å². The summed E-state index contributed by atoms with van der Waals surface area (Å²) in [6.07, 6.45) is 14.1. The number of fused-ring (bicyclic) bond motifs is 3. The Morgan fingerprint density at radius 3 is 2.90 bits per heavy atom. The molecule has 3 rings (SSSR count). The summed E-state index contributed by atoms with van der Waals surface area (Å²) in [6, 6.07) is 0. The van der Waals surface area contributed by atoms with E-state index in [0.717, 1.165) is 17.8 Å². The van der Waals surface area contributed by atoms with Gasteiger partial charge in [0.15, 0.2) is 0 Å². The van der Waals surface area contributed by atoms with E-state index in [1.165, 1.54) is 50.5 Å². The maximum Gasteiger partial charge on any atom is -0.0108 e. The van der Waals surface area contributed by atoms with Gasteiger partial charge in [-0.05, 0) is 68.1 Å². The van der Waals surface area contributed by atoms with Crippen molar-refractivity contribution in [3.8, 4) is 0 Å². The number of allylic oxidation sites excluding steroid dienone is 5. The van der Waals surface area contributed by atoms with Crippen molar-refractivity contribution < 1.29 is 0 Å². The Hall–Kier alpha value is -0.780. The van der Waals surface area contributed by atoms with Crippen LogP contribution < -0.4 is 0 Å². The molecule has 0 N–H and O–H groups in total. The maximum atomic E-state index is 4.01. The fourth-order valence-electron chi connectivity index (χ4n) is 5.39. The zero-order valence-electron chi connectivity index (χ0n) is 13.5. The van der Waals surface area contributed by atoms with Crippen LogP contribution in [0.2, 0.25) is 0 Å². The number of rotatable bonds is 2. The predicted molar refractivity (Wildman–Crippen MR) is 87.6 cm³/mol. The smallest absolute Gasteiger partial charge is 0.0108 e. The molecule has 4 atom stereocenters. The minimum atomic E-state index is 0.540. The summed E-state index contributed by atoms with van der Waals surface area (Å²) in [4.78, 5) is 0. The van der Waals surface area contributed by atoms with Crippen molar-refractivity contribution in [3.63, 3.8) is 0 Å². The highest BCUT2D eigenvalue weighted by Gasteiger charge is 2.47. The molecule has 0 aliphatic heterocycles. The van der Waals surface area contributed by atoms with Gasteiger partial charge in [-0.2, -0.15) is 0 Å². The summed E-state index contributed by atoms with van der Waals surface area (Å²) >= 11 is 0. The Bertz CT molecular complexity index is 464. The SMILES string of the molecule is C=CC1=CCC2C3=C(CC)CCC3(C)CCC2C(C)C1. The molecule has 1 saturated carbocycles. The first-order valence-corrected chi connectivity index (χ1v) is 8.63. The van der Waals surface area contributed by atoms with Crippen molar-refractivity contribution in [2.45, 2.75) is 65.7 Å². The van der Waals surface area contributed by atoms with E-state index in [1.807, 2.05) is 11.1 Å². The van der Waals surface area contributed by atoms with Crippen LogP contribution in [0.25, 0.3) is 0 Å². The maximum absolute atomic E-state index is 4.01. The lowest BCUT2D eigenvalue weighted by molar-refractivity contribution is 0.149. The first kappa shape index (κ1) is 14.2. The van der Waals surface area contributed by atoms with Crippen LogP contribution in [0.5, 0.6) is 0 Å². The first-order valence-electron chi connectivity index (χ1n) is 8.63. The molecule has 0 spiro atoms. The van der Waals surface area contributed by atoms with Gasteiger partial charge in [-0.3, -0.25) is 0 Å². The van der Waals surface area contributed by atoms with Crippen molar-refractivity contribution in [2.24, 2.45) is 23.2 Å². The van der Waals surface area contributed by atoms with Crippen molar-refractivity contribution in [1.29, 1.82) is 0 Å². The van der Waals surface area contributed by atoms with E-state index in [9.17, 15) is 0 Å². The average Bonchev–Trinajstić information content (AvgIpc) is 2.70. The first-order chi connectivity index (χ1) is 9.59. The summed E-state index contributed by atoms with van der Waals surface area (Å²) in [5.74, 6) is 2.56. The standard InChI is InChI=1S/C20H30/c1-5-15-7-8-18-17(14(3)13-15)10-12-20(4)11-9-16(6-2)19(18)20/h5,7,14,17-18H,1,6,8-13H2,2-4H3. The summed E-state index contributed by atoms with van der Waals surface area (Å²) in [6.45, 7) is 11.4. The highest BCUT2D eigenvalue weighted by Crippen LogP contribution is 2.59. The van der Waals surface area contributed by atoms with Crippen molar-refractivity contribution in [1.82, 2.24) is 0 Å². The minimum absolute atomic E-state index is 0.540. The third-order valence-electron chi connectivity index (χ3n) is 6.54. The van der Waals surface area contributed by atoms with Crippen LogP contribution in [0.3, 0.4) is 0 Å². The topological polar surface area (TPSA) is 0 Å². The molecule has 0 aromatic rings. The molecule has 0 aromatic carbocycles. The number of hydrogen-bond donors (Lipinski definition) is 0. The van der Waals surface area contributed by atoms with Crippen LogP contribution >= 0.6 is 0 Å². The van der Waals surface area contributed by atoms with Crippen LogP contribution in [-0.2, 0) is 0 Å². The normalized spacial score (nSPS) is 40.8. The van der Waals surface area contributed by atoms with Gasteiger partial charge in [-0.25, -0.2) is 0 Å². The van der Waals surface area contributed by atoms with E-state index < -0.39 is 0 Å². The molecule has 1 fully saturated rings. The fraction of sp³-hybridized carbons (Fsp3) is 0.700. The molecule has 0 nitrogen and oxygen atoms in total. The summed E-state index contributed by atoms with van der Waals surface area (Å²) < 4.78 is 0. The molecule has 0 saturated heterocycles. The molecule has 0 aromatic heterocycles. The molecule has 0 amide bonds. The van der Waals surface area contributed by atoms with Crippen molar-refractivity contribution in [3.05, 3.63) is 35.5 Å². The lowest BCUT2D eigenvalue weighted by Crippen LogP contribution is -2.35. The zero-order valence-corrected chi connectivity index (χ0v) is 13.5. The highest BCUT2D eigenvalue weighted by atomic mass is 14.5. The molecule has 20 heavy (non-hydrogen) atoms. The molecule has 0 bridgehead atoms. The lowest BCUT2D eigenvalue weighted by Gasteiger charge is -2.45. The molecular weight excluding hydrogens is 240 g/mol. The highest BCUT2D eigenvalue weighted by molar-refractivity contribution is 5.34. The predicted octanol–water partition coefficient (Wildman–Crippen LogP) is 6.06. The Morgan fingerprint density at radius 2 is 2.20 bits per heavy atom. The third-order valence-corrected chi connectivity index (χ3v) is 6.54. The van der Waals surface area contributed by atoms with E-state index in [2.05, 4.69) is 39.5 Å². The van der Waals surface area contributed by atoms with Gasteiger partial charge in [0, 0.05) is 0 Å². The van der Waals surface area contributed by atoms with Gasteiger partial charge < -0.3 is 0 Å². The quantitative estimate of drug-likeness (QED) is 0.535. The van der Waals surface area contributed by atoms with Crippen LogP contribution in [0, 0.1) is 23.2 Å². The second-order valence-corrected chi connectivity index (χ2v) is 7.64. The summed E-state index contributed by atoms with van der Waals surface area (Å²) in [5, 5.41) is 0. The van der Waals surface area contributed by atoms with E-state index in [0.29, 0.717) is 5.41 Å². The monoisotopic (exact) mass is 270 g/mol. The van der Waals surface area contributed by atoms with E-state index in [-0.39, 0.29) is 0 Å². The molecule has 110 valence electrons. The molecule has 0 heteroatoms. The van der Waals surface area contributed by atoms with Crippen molar-refractivity contribution >= 4 is 0 Å². The van der Waals surface area contributed by atoms with Gasteiger partial charge in [0.25, 0.3) is 0 Å². The number of hydrogen-bond acceptors (Lipinski definition) is 0. The summed E-state index contributed by atoms with van der Waals surface area (Å²) in [7, 11) is 0.